The molecule has 1 atom stereocenters. The van der Waals surface area contributed by atoms with Crippen molar-refractivity contribution in [2.24, 2.45) is 0 Å². The van der Waals surface area contributed by atoms with Gasteiger partial charge in [-0.2, -0.15) is 23.5 Å². The number of anilines is 1. The van der Waals surface area contributed by atoms with Gasteiger partial charge in [-0.1, -0.05) is 78.7 Å². The van der Waals surface area contributed by atoms with Gasteiger partial charge < -0.3 is 5.32 Å². The number of rotatable bonds is 14. The second-order valence-corrected chi connectivity index (χ2v) is 10.9. The van der Waals surface area contributed by atoms with Crippen LogP contribution in [0.2, 0.25) is 5.02 Å². The van der Waals surface area contributed by atoms with E-state index in [0.717, 1.165) is 36.5 Å². The van der Waals surface area contributed by atoms with E-state index in [2.05, 4.69) is 77.7 Å². The third-order valence-electron chi connectivity index (χ3n) is 5.33. The van der Waals surface area contributed by atoms with Gasteiger partial charge in [0.25, 0.3) is 0 Å². The van der Waals surface area contributed by atoms with Gasteiger partial charge in [-0.3, -0.25) is 4.79 Å². The Morgan fingerprint density at radius 3 is 2.09 bits per heavy atom. The summed E-state index contributed by atoms with van der Waals surface area (Å²) in [7, 11) is 0. The minimum Gasteiger partial charge on any atom is -0.326 e. The number of benzene rings is 3. The van der Waals surface area contributed by atoms with Crippen molar-refractivity contribution in [1.82, 2.24) is 0 Å². The zero-order chi connectivity index (χ0) is 23.1. The van der Waals surface area contributed by atoms with Crippen molar-refractivity contribution < 1.29 is 4.79 Å². The summed E-state index contributed by atoms with van der Waals surface area (Å²) in [6.07, 6.45) is 4.90. The van der Waals surface area contributed by atoms with Gasteiger partial charge in [0.15, 0.2) is 0 Å². The first kappa shape index (κ1) is 25.7. The Morgan fingerprint density at radius 1 is 0.788 bits per heavy atom. The Kier molecular flexibility index (Phi) is 11.8. The summed E-state index contributed by atoms with van der Waals surface area (Å²) in [5, 5.41) is 4.25. The number of carbonyl (C=O) groups is 1. The van der Waals surface area contributed by atoms with E-state index >= 15 is 0 Å². The van der Waals surface area contributed by atoms with E-state index < -0.39 is 0 Å². The quantitative estimate of drug-likeness (QED) is 0.226. The Morgan fingerprint density at radius 2 is 1.42 bits per heavy atom. The highest BCUT2D eigenvalue weighted by Crippen LogP contribution is 2.27. The lowest BCUT2D eigenvalue weighted by Gasteiger charge is -2.17. The summed E-state index contributed by atoms with van der Waals surface area (Å²) < 4.78 is 0. The second-order valence-electron chi connectivity index (χ2n) is 8.05. The maximum absolute atomic E-state index is 12.2. The van der Waals surface area contributed by atoms with Crippen molar-refractivity contribution in [3.05, 3.63) is 101 Å². The zero-order valence-electron chi connectivity index (χ0n) is 18.9. The van der Waals surface area contributed by atoms with E-state index in [4.69, 9.17) is 11.6 Å². The molecule has 3 rings (SSSR count). The first-order valence-corrected chi connectivity index (χ1v) is 14.1. The molecule has 2 nitrogen and oxygen atoms in total. The highest BCUT2D eigenvalue weighted by Gasteiger charge is 2.11. The number of hydrogen-bond donors (Lipinski definition) is 1. The van der Waals surface area contributed by atoms with Crippen LogP contribution in [-0.4, -0.2) is 16.9 Å². The maximum atomic E-state index is 12.2. The fraction of sp³-hybridized carbons (Fsp3) is 0.321. The zero-order valence-corrected chi connectivity index (χ0v) is 21.3. The number of nitrogens with one attached hydrogen (secondary N) is 1. The molecule has 0 aliphatic carbocycles. The average Bonchev–Trinajstić information content (AvgIpc) is 2.85. The molecule has 1 N–H and O–H groups in total. The van der Waals surface area contributed by atoms with E-state index in [-0.39, 0.29) is 5.91 Å². The molecule has 0 fully saturated rings. The van der Waals surface area contributed by atoms with Crippen molar-refractivity contribution in [1.29, 1.82) is 0 Å². The van der Waals surface area contributed by atoms with Gasteiger partial charge in [0.2, 0.25) is 5.91 Å². The number of amides is 1. The Bertz CT molecular complexity index is 935. The van der Waals surface area contributed by atoms with Crippen LogP contribution in [0, 0.1) is 0 Å². The molecule has 33 heavy (non-hydrogen) atoms. The van der Waals surface area contributed by atoms with Crippen molar-refractivity contribution in [2.45, 2.75) is 48.9 Å². The van der Waals surface area contributed by atoms with Crippen molar-refractivity contribution in [2.75, 3.05) is 11.1 Å². The second kappa shape index (κ2) is 15.1. The van der Waals surface area contributed by atoms with Crippen LogP contribution in [0.25, 0.3) is 0 Å². The minimum atomic E-state index is 0.0734. The predicted molar refractivity (Wildman–Crippen MR) is 147 cm³/mol. The van der Waals surface area contributed by atoms with E-state index in [1.807, 2.05) is 23.9 Å². The van der Waals surface area contributed by atoms with Crippen LogP contribution in [0.1, 0.15) is 43.2 Å². The molecule has 174 valence electrons. The molecule has 0 aromatic heterocycles. The van der Waals surface area contributed by atoms with E-state index in [0.29, 0.717) is 16.7 Å². The van der Waals surface area contributed by atoms with Gasteiger partial charge in [0.05, 0.1) is 0 Å². The van der Waals surface area contributed by atoms with Crippen molar-refractivity contribution in [3.63, 3.8) is 0 Å². The lowest BCUT2D eigenvalue weighted by atomic mass is 10.1. The SMILES string of the molecule is O=C(CCCCC(CCSCc1ccccc1)SCc1ccccc1)Nc1ccc(Cl)cc1. The number of halogens is 1. The minimum absolute atomic E-state index is 0.0734. The molecule has 0 spiro atoms. The Hall–Kier alpha value is -1.88. The van der Waals surface area contributed by atoms with Gasteiger partial charge >= 0.3 is 0 Å². The first-order chi connectivity index (χ1) is 16.2. The molecule has 3 aromatic rings. The highest BCUT2D eigenvalue weighted by atomic mass is 35.5. The molecule has 0 aliphatic rings. The topological polar surface area (TPSA) is 29.1 Å². The Labute approximate surface area is 211 Å². The largest absolute Gasteiger partial charge is 0.326 e. The maximum Gasteiger partial charge on any atom is 0.224 e. The summed E-state index contributed by atoms with van der Waals surface area (Å²) in [4.78, 5) is 12.2. The van der Waals surface area contributed by atoms with Crippen molar-refractivity contribution in [3.8, 4) is 0 Å². The van der Waals surface area contributed by atoms with Gasteiger partial charge in [-0.05, 0) is 60.4 Å². The van der Waals surface area contributed by atoms with Crippen LogP contribution in [0.3, 0.4) is 0 Å². The normalized spacial score (nSPS) is 11.8. The summed E-state index contributed by atoms with van der Waals surface area (Å²) in [5.74, 6) is 3.36. The van der Waals surface area contributed by atoms with Crippen LogP contribution < -0.4 is 5.32 Å². The molecule has 1 amide bonds. The first-order valence-electron chi connectivity index (χ1n) is 11.5. The third kappa shape index (κ3) is 10.7. The monoisotopic (exact) mass is 497 g/mol. The molecule has 0 saturated carbocycles. The third-order valence-corrected chi connectivity index (χ3v) is 8.09. The summed E-state index contributed by atoms with van der Waals surface area (Å²) in [6.45, 7) is 0. The van der Waals surface area contributed by atoms with Crippen LogP contribution in [0.15, 0.2) is 84.9 Å². The van der Waals surface area contributed by atoms with E-state index in [1.165, 1.54) is 23.3 Å². The van der Waals surface area contributed by atoms with Crippen molar-refractivity contribution >= 4 is 46.7 Å². The molecule has 3 aromatic carbocycles. The number of thioether (sulfide) groups is 2. The predicted octanol–water partition coefficient (Wildman–Crippen LogP) is 8.46. The van der Waals surface area contributed by atoms with Gasteiger partial charge in [0, 0.05) is 33.9 Å². The molecular formula is C28H32ClNOS2. The van der Waals surface area contributed by atoms with E-state index in [9.17, 15) is 4.79 Å². The summed E-state index contributed by atoms with van der Waals surface area (Å²) in [5.41, 5.74) is 3.57. The molecule has 0 bridgehead atoms. The summed E-state index contributed by atoms with van der Waals surface area (Å²) >= 11 is 9.98. The molecular weight excluding hydrogens is 466 g/mol. The molecule has 1 unspecified atom stereocenters. The fourth-order valence-electron chi connectivity index (χ4n) is 3.49. The molecule has 0 heterocycles. The lowest BCUT2D eigenvalue weighted by molar-refractivity contribution is -0.116. The van der Waals surface area contributed by atoms with Gasteiger partial charge in [-0.25, -0.2) is 0 Å². The number of hydrogen-bond acceptors (Lipinski definition) is 3. The van der Waals surface area contributed by atoms with Crippen LogP contribution >= 0.6 is 35.1 Å². The fourth-order valence-corrected chi connectivity index (χ4v) is 6.03. The smallest absolute Gasteiger partial charge is 0.224 e. The van der Waals surface area contributed by atoms with Crippen LogP contribution in [-0.2, 0) is 16.3 Å². The average molecular weight is 498 g/mol. The van der Waals surface area contributed by atoms with Crippen LogP contribution in [0.4, 0.5) is 5.69 Å². The summed E-state index contributed by atoms with van der Waals surface area (Å²) in [6, 6.07) is 28.6. The van der Waals surface area contributed by atoms with E-state index in [1.54, 1.807) is 12.1 Å². The molecule has 5 heteroatoms. The lowest BCUT2D eigenvalue weighted by Crippen LogP contribution is -2.11. The van der Waals surface area contributed by atoms with Crippen LogP contribution in [0.5, 0.6) is 0 Å². The standard InChI is InChI=1S/C28H32ClNOS2/c29-25-15-17-26(18-16-25)30-28(31)14-8-7-13-27(33-22-24-11-5-2-6-12-24)19-20-32-21-23-9-3-1-4-10-23/h1-6,9-12,15-18,27H,7-8,13-14,19-22H2,(H,30,31). The molecule has 0 saturated heterocycles. The number of carbonyl (C=O) groups excluding carboxylic acids is 1. The highest BCUT2D eigenvalue weighted by molar-refractivity contribution is 7.99. The molecule has 0 aliphatic heterocycles. The van der Waals surface area contributed by atoms with Gasteiger partial charge in [0.1, 0.15) is 0 Å². The molecule has 0 radical (unpaired) electrons. The van der Waals surface area contributed by atoms with Gasteiger partial charge in [-0.15, -0.1) is 0 Å². The number of unbranched alkanes of at least 4 members (excludes halogenated alkanes) is 1. The Balaban J connectivity index is 1.38.